The molecule has 0 aliphatic rings. The zero-order valence-electron chi connectivity index (χ0n) is 11.7. The fourth-order valence-corrected chi connectivity index (χ4v) is 1.61. The highest BCUT2D eigenvalue weighted by atomic mass is 16.5. The number of rotatable bonds is 4. The number of hydrogen-bond acceptors (Lipinski definition) is 3. The summed E-state index contributed by atoms with van der Waals surface area (Å²) in [5.74, 6) is -0.400. The van der Waals surface area contributed by atoms with Gasteiger partial charge in [0.15, 0.2) is 5.78 Å². The minimum atomic E-state index is -0.367. The summed E-state index contributed by atoms with van der Waals surface area (Å²) in [5.41, 5.74) is 3.23. The van der Waals surface area contributed by atoms with E-state index in [9.17, 15) is 9.59 Å². The average Bonchev–Trinajstić information content (AvgIpc) is 2.36. The molecule has 1 aromatic rings. The summed E-state index contributed by atoms with van der Waals surface area (Å²) >= 11 is 0. The molecule has 0 saturated heterocycles. The Bertz CT molecular complexity index is 530. The molecule has 0 bridgehead atoms. The SMILES string of the molecule is COC(=O)c1ccc(/C(C)=C/C(=O)C=C(C)C)cc1. The van der Waals surface area contributed by atoms with Crippen LogP contribution in [0.3, 0.4) is 0 Å². The molecule has 0 N–H and O–H groups in total. The van der Waals surface area contributed by atoms with Gasteiger partial charge in [-0.2, -0.15) is 0 Å². The van der Waals surface area contributed by atoms with Gasteiger partial charge in [-0.15, -0.1) is 0 Å². The molecule has 0 radical (unpaired) electrons. The molecule has 3 nitrogen and oxygen atoms in total. The topological polar surface area (TPSA) is 43.4 Å². The van der Waals surface area contributed by atoms with Crippen LogP contribution in [-0.4, -0.2) is 18.9 Å². The molecule has 3 heteroatoms. The predicted molar refractivity (Wildman–Crippen MR) is 75.9 cm³/mol. The van der Waals surface area contributed by atoms with Crippen LogP contribution in [0.1, 0.15) is 36.7 Å². The van der Waals surface area contributed by atoms with Gasteiger partial charge in [0.2, 0.25) is 0 Å². The molecule has 0 aliphatic heterocycles. The molecular weight excluding hydrogens is 240 g/mol. The molecule has 0 unspecified atom stereocenters. The number of esters is 1. The first kappa shape index (κ1) is 14.9. The van der Waals surface area contributed by atoms with Gasteiger partial charge < -0.3 is 4.74 Å². The molecule has 0 atom stereocenters. The third kappa shape index (κ3) is 4.54. The zero-order chi connectivity index (χ0) is 14.4. The van der Waals surface area contributed by atoms with Crippen molar-refractivity contribution in [2.45, 2.75) is 20.8 Å². The zero-order valence-corrected chi connectivity index (χ0v) is 11.7. The summed E-state index contributed by atoms with van der Waals surface area (Å²) in [6.07, 6.45) is 3.17. The molecule has 0 spiro atoms. The van der Waals surface area contributed by atoms with Crippen LogP contribution in [0.15, 0.2) is 42.0 Å². The monoisotopic (exact) mass is 258 g/mol. The second-order valence-electron chi connectivity index (χ2n) is 4.52. The van der Waals surface area contributed by atoms with Crippen molar-refractivity contribution in [1.29, 1.82) is 0 Å². The fourth-order valence-electron chi connectivity index (χ4n) is 1.61. The third-order valence-electron chi connectivity index (χ3n) is 2.55. The summed E-state index contributed by atoms with van der Waals surface area (Å²) in [4.78, 5) is 22.9. The van der Waals surface area contributed by atoms with Crippen LogP contribution < -0.4 is 0 Å². The van der Waals surface area contributed by atoms with Gasteiger partial charge in [-0.3, -0.25) is 4.79 Å². The molecule has 0 heterocycles. The van der Waals surface area contributed by atoms with Crippen molar-refractivity contribution in [3.05, 3.63) is 53.1 Å². The van der Waals surface area contributed by atoms with Gasteiger partial charge in [0.05, 0.1) is 12.7 Å². The maximum atomic E-state index is 11.6. The van der Waals surface area contributed by atoms with Crippen molar-refractivity contribution >= 4 is 17.3 Å². The molecule has 0 amide bonds. The number of ether oxygens (including phenoxy) is 1. The molecular formula is C16H18O3. The van der Waals surface area contributed by atoms with Gasteiger partial charge in [-0.25, -0.2) is 4.79 Å². The fraction of sp³-hybridized carbons (Fsp3) is 0.250. The molecule has 1 rings (SSSR count). The summed E-state index contributed by atoms with van der Waals surface area (Å²) < 4.78 is 4.63. The van der Waals surface area contributed by atoms with Crippen molar-refractivity contribution in [3.8, 4) is 0 Å². The van der Waals surface area contributed by atoms with Gasteiger partial charge in [-0.05, 0) is 56.2 Å². The highest BCUT2D eigenvalue weighted by molar-refractivity contribution is 6.04. The Hall–Kier alpha value is -2.16. The second kappa shape index (κ2) is 6.69. The van der Waals surface area contributed by atoms with Crippen LogP contribution in [0.4, 0.5) is 0 Å². The second-order valence-corrected chi connectivity index (χ2v) is 4.52. The Morgan fingerprint density at radius 2 is 1.47 bits per heavy atom. The normalized spacial score (nSPS) is 10.8. The van der Waals surface area contributed by atoms with Crippen LogP contribution in [-0.2, 0) is 9.53 Å². The Labute approximate surface area is 113 Å². The molecule has 1 aromatic carbocycles. The average molecular weight is 258 g/mol. The maximum Gasteiger partial charge on any atom is 0.337 e. The van der Waals surface area contributed by atoms with Gasteiger partial charge in [0.1, 0.15) is 0 Å². The number of methoxy groups -OCH3 is 1. The van der Waals surface area contributed by atoms with Gasteiger partial charge >= 0.3 is 5.97 Å². The number of allylic oxidation sites excluding steroid dienone is 4. The molecule has 19 heavy (non-hydrogen) atoms. The van der Waals surface area contributed by atoms with Gasteiger partial charge in [-0.1, -0.05) is 17.7 Å². The van der Waals surface area contributed by atoms with E-state index in [0.29, 0.717) is 5.56 Å². The van der Waals surface area contributed by atoms with Crippen LogP contribution in [0.2, 0.25) is 0 Å². The first-order chi connectivity index (χ1) is 8.93. The Kier molecular flexibility index (Phi) is 5.24. The minimum absolute atomic E-state index is 0.0328. The lowest BCUT2D eigenvalue weighted by Gasteiger charge is -2.03. The lowest BCUT2D eigenvalue weighted by atomic mass is 10.0. The molecule has 0 aromatic heterocycles. The van der Waals surface area contributed by atoms with Crippen LogP contribution in [0.5, 0.6) is 0 Å². The highest BCUT2D eigenvalue weighted by Gasteiger charge is 2.05. The number of ketones is 1. The lowest BCUT2D eigenvalue weighted by molar-refractivity contribution is -0.110. The van der Waals surface area contributed by atoms with E-state index in [4.69, 9.17) is 0 Å². The number of carbonyl (C=O) groups is 2. The lowest BCUT2D eigenvalue weighted by Crippen LogP contribution is -2.00. The standard InChI is InChI=1S/C16H18O3/c1-11(2)9-15(17)10-12(3)13-5-7-14(8-6-13)16(18)19-4/h5-10H,1-4H3/b12-10+. The van der Waals surface area contributed by atoms with Crippen LogP contribution in [0.25, 0.3) is 5.57 Å². The van der Waals surface area contributed by atoms with E-state index in [-0.39, 0.29) is 11.8 Å². The highest BCUT2D eigenvalue weighted by Crippen LogP contribution is 2.15. The first-order valence-electron chi connectivity index (χ1n) is 6.00. The Morgan fingerprint density at radius 1 is 0.947 bits per heavy atom. The van der Waals surface area contributed by atoms with Crippen molar-refractivity contribution in [2.24, 2.45) is 0 Å². The summed E-state index contributed by atoms with van der Waals surface area (Å²) in [5, 5.41) is 0. The molecule has 0 saturated carbocycles. The van der Waals surface area contributed by atoms with Gasteiger partial charge in [0.25, 0.3) is 0 Å². The van der Waals surface area contributed by atoms with Crippen molar-refractivity contribution in [3.63, 3.8) is 0 Å². The van der Waals surface area contributed by atoms with E-state index in [2.05, 4.69) is 4.74 Å². The van der Waals surface area contributed by atoms with Crippen molar-refractivity contribution in [2.75, 3.05) is 7.11 Å². The van der Waals surface area contributed by atoms with Crippen molar-refractivity contribution < 1.29 is 14.3 Å². The van der Waals surface area contributed by atoms with E-state index in [0.717, 1.165) is 16.7 Å². The quantitative estimate of drug-likeness (QED) is 0.614. The minimum Gasteiger partial charge on any atom is -0.465 e. The smallest absolute Gasteiger partial charge is 0.337 e. The number of benzene rings is 1. The van der Waals surface area contributed by atoms with Gasteiger partial charge in [0, 0.05) is 0 Å². The Balaban J connectivity index is 2.92. The van der Waals surface area contributed by atoms with E-state index >= 15 is 0 Å². The van der Waals surface area contributed by atoms with E-state index in [1.807, 2.05) is 20.8 Å². The van der Waals surface area contributed by atoms with Crippen LogP contribution in [0, 0.1) is 0 Å². The molecule has 100 valence electrons. The van der Waals surface area contributed by atoms with E-state index < -0.39 is 0 Å². The maximum absolute atomic E-state index is 11.6. The van der Waals surface area contributed by atoms with E-state index in [1.54, 1.807) is 36.4 Å². The van der Waals surface area contributed by atoms with Crippen LogP contribution >= 0.6 is 0 Å². The molecule has 0 fully saturated rings. The Morgan fingerprint density at radius 3 is 1.95 bits per heavy atom. The summed E-state index contributed by atoms with van der Waals surface area (Å²) in [6.45, 7) is 5.63. The predicted octanol–water partition coefficient (Wildman–Crippen LogP) is 3.41. The third-order valence-corrected chi connectivity index (χ3v) is 2.55. The summed E-state index contributed by atoms with van der Waals surface area (Å²) in [6, 6.07) is 6.97. The van der Waals surface area contributed by atoms with Crippen molar-refractivity contribution in [1.82, 2.24) is 0 Å². The number of carbonyl (C=O) groups excluding carboxylic acids is 2. The van der Waals surface area contributed by atoms with E-state index in [1.165, 1.54) is 7.11 Å². The number of hydrogen-bond donors (Lipinski definition) is 0. The first-order valence-corrected chi connectivity index (χ1v) is 6.00. The molecule has 0 aliphatic carbocycles. The largest absolute Gasteiger partial charge is 0.465 e. The summed E-state index contributed by atoms with van der Waals surface area (Å²) in [7, 11) is 1.35.